The van der Waals surface area contributed by atoms with E-state index in [1.165, 1.54) is 6.42 Å². The van der Waals surface area contributed by atoms with Crippen molar-refractivity contribution in [3.8, 4) is 0 Å². The molecule has 4 nitrogen and oxygen atoms in total. The number of hydrogen-bond donors (Lipinski definition) is 2. The van der Waals surface area contributed by atoms with Crippen LogP contribution in [0.2, 0.25) is 0 Å². The first-order valence-corrected chi connectivity index (χ1v) is 9.26. The number of amides is 1. The van der Waals surface area contributed by atoms with Crippen LogP contribution in [0.4, 0.5) is 0 Å². The summed E-state index contributed by atoms with van der Waals surface area (Å²) in [6.07, 6.45) is 3.81. The summed E-state index contributed by atoms with van der Waals surface area (Å²) >= 11 is 3.60. The second-order valence-electron chi connectivity index (χ2n) is 5.71. The minimum atomic E-state index is -0.169. The van der Waals surface area contributed by atoms with Crippen molar-refractivity contribution in [2.24, 2.45) is 0 Å². The summed E-state index contributed by atoms with van der Waals surface area (Å²) in [6, 6.07) is 0.323. The van der Waals surface area contributed by atoms with Gasteiger partial charge in [0.15, 0.2) is 0 Å². The maximum Gasteiger partial charge on any atom is 0.222 e. The lowest BCUT2D eigenvalue weighted by Crippen LogP contribution is -2.52. The van der Waals surface area contributed by atoms with Crippen LogP contribution in [0.25, 0.3) is 0 Å². The van der Waals surface area contributed by atoms with Crippen LogP contribution >= 0.6 is 47.9 Å². The molecule has 0 aromatic carbocycles. The van der Waals surface area contributed by atoms with Crippen molar-refractivity contribution in [2.75, 3.05) is 18.1 Å². The molecule has 1 saturated carbocycles. The van der Waals surface area contributed by atoms with Gasteiger partial charge in [0.2, 0.25) is 5.91 Å². The molecular weight excluding hydrogens is 361 g/mol. The zero-order chi connectivity index (χ0) is 14.0. The van der Waals surface area contributed by atoms with E-state index in [0.29, 0.717) is 12.5 Å². The third-order valence-corrected chi connectivity index (χ3v) is 6.34. The van der Waals surface area contributed by atoms with Gasteiger partial charge in [0.25, 0.3) is 0 Å². The summed E-state index contributed by atoms with van der Waals surface area (Å²) in [5.41, 5.74) is 0.883. The molecule has 1 amide bonds. The number of hydrogen-bond acceptors (Lipinski definition) is 5. The van der Waals surface area contributed by atoms with Gasteiger partial charge in [-0.05, 0) is 26.2 Å². The summed E-state index contributed by atoms with van der Waals surface area (Å²) in [5.74, 6) is 2.36. The van der Waals surface area contributed by atoms with Gasteiger partial charge in [0, 0.05) is 41.6 Å². The van der Waals surface area contributed by atoms with Gasteiger partial charge in [-0.25, -0.2) is 4.98 Å². The Morgan fingerprint density at radius 3 is 2.77 bits per heavy atom. The summed E-state index contributed by atoms with van der Waals surface area (Å²) < 4.78 is 0. The Bertz CT molecular complexity index is 488. The number of halogens is 2. The van der Waals surface area contributed by atoms with Crippen molar-refractivity contribution >= 4 is 53.8 Å². The average molecular weight is 384 g/mol. The zero-order valence-electron chi connectivity index (χ0n) is 12.6. The number of aryl methyl sites for hydroxylation is 1. The predicted octanol–water partition coefficient (Wildman–Crippen LogP) is 2.89. The second kappa shape index (κ2) is 8.73. The molecule has 1 aromatic heterocycles. The van der Waals surface area contributed by atoms with Crippen molar-refractivity contribution in [3.63, 3.8) is 0 Å². The molecule has 22 heavy (non-hydrogen) atoms. The Morgan fingerprint density at radius 2 is 2.27 bits per heavy atom. The first kappa shape index (κ1) is 20.0. The van der Waals surface area contributed by atoms with E-state index in [-0.39, 0.29) is 36.3 Å². The van der Waals surface area contributed by atoms with Crippen LogP contribution in [0.3, 0.4) is 0 Å². The molecule has 0 radical (unpaired) electrons. The Kier molecular flexibility index (Phi) is 7.95. The van der Waals surface area contributed by atoms with E-state index in [9.17, 15) is 4.79 Å². The minimum absolute atomic E-state index is 0. The van der Waals surface area contributed by atoms with Gasteiger partial charge in [-0.2, -0.15) is 11.8 Å². The standard InChI is InChI=1S/C14H21N3OS2.2ClH/c1-10-8-20-13(16-10)14(3-2-4-14)17-12(18)7-11-9-19-6-5-15-11;;/h8,11,15H,2-7,9H2,1H3,(H,17,18);2*1H. The lowest BCUT2D eigenvalue weighted by Gasteiger charge is -2.41. The maximum absolute atomic E-state index is 12.3. The van der Waals surface area contributed by atoms with Crippen LogP contribution in [0.15, 0.2) is 5.38 Å². The minimum Gasteiger partial charge on any atom is -0.344 e. The number of nitrogens with zero attached hydrogens (tertiary/aromatic N) is 1. The lowest BCUT2D eigenvalue weighted by molar-refractivity contribution is -0.124. The molecule has 1 aromatic rings. The third kappa shape index (κ3) is 4.51. The van der Waals surface area contributed by atoms with E-state index < -0.39 is 0 Å². The molecule has 3 rings (SSSR count). The molecule has 2 fully saturated rings. The molecule has 2 aliphatic rings. The topological polar surface area (TPSA) is 54.0 Å². The molecule has 0 spiro atoms. The highest BCUT2D eigenvalue weighted by Gasteiger charge is 2.42. The first-order chi connectivity index (χ1) is 9.68. The number of aromatic nitrogens is 1. The van der Waals surface area contributed by atoms with Gasteiger partial charge in [-0.1, -0.05) is 0 Å². The monoisotopic (exact) mass is 383 g/mol. The van der Waals surface area contributed by atoms with Crippen LogP contribution in [-0.4, -0.2) is 35.0 Å². The highest BCUT2D eigenvalue weighted by Crippen LogP contribution is 2.42. The van der Waals surface area contributed by atoms with Gasteiger partial charge in [0.05, 0.1) is 5.54 Å². The van der Waals surface area contributed by atoms with Crippen molar-refractivity contribution < 1.29 is 4.79 Å². The fourth-order valence-electron chi connectivity index (χ4n) is 2.79. The fourth-order valence-corrected chi connectivity index (χ4v) is 4.75. The number of thioether (sulfide) groups is 1. The Hall–Kier alpha value is -0.0100. The predicted molar refractivity (Wildman–Crippen MR) is 98.8 cm³/mol. The summed E-state index contributed by atoms with van der Waals surface area (Å²) in [7, 11) is 0. The lowest BCUT2D eigenvalue weighted by atomic mass is 9.77. The SMILES string of the molecule is Cc1csc(C2(NC(=O)CC3CSCCN3)CCC2)n1.Cl.Cl. The average Bonchev–Trinajstić information content (AvgIpc) is 2.82. The van der Waals surface area contributed by atoms with Gasteiger partial charge >= 0.3 is 0 Å². The molecular formula is C14H23Cl2N3OS2. The molecule has 1 unspecified atom stereocenters. The molecule has 2 heterocycles. The number of nitrogens with one attached hydrogen (secondary N) is 2. The van der Waals surface area contributed by atoms with Gasteiger partial charge in [0.1, 0.15) is 5.01 Å². The Morgan fingerprint density at radius 1 is 1.50 bits per heavy atom. The van der Waals surface area contributed by atoms with Crippen molar-refractivity contribution in [2.45, 2.75) is 44.2 Å². The van der Waals surface area contributed by atoms with E-state index in [1.807, 2.05) is 18.7 Å². The normalized spacial score (nSPS) is 22.7. The van der Waals surface area contributed by atoms with E-state index >= 15 is 0 Å². The second-order valence-corrected chi connectivity index (χ2v) is 7.72. The van der Waals surface area contributed by atoms with Crippen molar-refractivity contribution in [1.82, 2.24) is 15.6 Å². The molecule has 1 atom stereocenters. The largest absolute Gasteiger partial charge is 0.344 e. The summed E-state index contributed by atoms with van der Waals surface area (Å²) in [4.78, 5) is 16.9. The quantitative estimate of drug-likeness (QED) is 0.838. The highest BCUT2D eigenvalue weighted by atomic mass is 35.5. The van der Waals surface area contributed by atoms with Crippen LogP contribution in [-0.2, 0) is 10.3 Å². The van der Waals surface area contributed by atoms with E-state index in [1.54, 1.807) is 11.3 Å². The molecule has 1 aliphatic heterocycles. The van der Waals surface area contributed by atoms with E-state index in [4.69, 9.17) is 0 Å². The van der Waals surface area contributed by atoms with E-state index in [2.05, 4.69) is 21.0 Å². The molecule has 1 aliphatic carbocycles. The molecule has 1 saturated heterocycles. The molecule has 2 N–H and O–H groups in total. The maximum atomic E-state index is 12.3. The van der Waals surface area contributed by atoms with Gasteiger partial charge < -0.3 is 10.6 Å². The van der Waals surface area contributed by atoms with Gasteiger partial charge in [-0.3, -0.25) is 4.79 Å². The van der Waals surface area contributed by atoms with Crippen LogP contribution in [0.5, 0.6) is 0 Å². The highest BCUT2D eigenvalue weighted by molar-refractivity contribution is 7.99. The number of carbonyl (C=O) groups excluding carboxylic acids is 1. The van der Waals surface area contributed by atoms with Crippen LogP contribution in [0, 0.1) is 6.92 Å². The molecule has 0 bridgehead atoms. The zero-order valence-corrected chi connectivity index (χ0v) is 15.9. The summed E-state index contributed by atoms with van der Waals surface area (Å²) in [6.45, 7) is 3.02. The third-order valence-electron chi connectivity index (χ3n) is 4.04. The van der Waals surface area contributed by atoms with Crippen LogP contribution < -0.4 is 10.6 Å². The fraction of sp³-hybridized carbons (Fsp3) is 0.714. The Balaban J connectivity index is 0.00000121. The van der Waals surface area contributed by atoms with E-state index in [0.717, 1.165) is 41.6 Å². The first-order valence-electron chi connectivity index (χ1n) is 7.23. The van der Waals surface area contributed by atoms with Crippen LogP contribution in [0.1, 0.15) is 36.4 Å². The van der Waals surface area contributed by atoms with Crippen molar-refractivity contribution in [1.29, 1.82) is 0 Å². The number of rotatable bonds is 4. The Labute approximate surface area is 152 Å². The molecule has 126 valence electrons. The van der Waals surface area contributed by atoms with Crippen molar-refractivity contribution in [3.05, 3.63) is 16.1 Å². The number of thiazole rings is 1. The smallest absolute Gasteiger partial charge is 0.222 e. The van der Waals surface area contributed by atoms with Gasteiger partial charge in [-0.15, -0.1) is 36.2 Å². The number of carbonyl (C=O) groups is 1. The summed E-state index contributed by atoms with van der Waals surface area (Å²) in [5, 5.41) is 9.84. The molecule has 8 heteroatoms.